The van der Waals surface area contributed by atoms with Gasteiger partial charge in [0.1, 0.15) is 4.88 Å². The Hall–Kier alpha value is -1.65. The number of amides is 1. The van der Waals surface area contributed by atoms with Crippen LogP contribution >= 0.6 is 45.9 Å². The lowest BCUT2D eigenvalue weighted by Crippen LogP contribution is -2.32. The van der Waals surface area contributed by atoms with Crippen molar-refractivity contribution < 1.29 is 29.0 Å². The van der Waals surface area contributed by atoms with E-state index >= 15 is 0 Å². The average Bonchev–Trinajstić information content (AvgIpc) is 3.45. The molecule has 2 aromatic rings. The normalized spacial score (nSPS) is 20.2. The molecule has 2 heterocycles. The van der Waals surface area contributed by atoms with E-state index in [0.717, 1.165) is 11.3 Å². The average molecular weight is 494 g/mol. The smallest absolute Gasteiger partial charge is 0.345 e. The zero-order valence-corrected chi connectivity index (χ0v) is 19.4. The number of aromatic carboxylic acids is 1. The molecule has 1 fully saturated rings. The molecule has 2 aromatic heterocycles. The second-order valence-corrected chi connectivity index (χ2v) is 9.88. The molecular formula is C19H21Cl2NO6S2. The lowest BCUT2D eigenvalue weighted by molar-refractivity contribution is -0.145. The molecule has 164 valence electrons. The van der Waals surface area contributed by atoms with Crippen LogP contribution in [0.3, 0.4) is 0 Å². The summed E-state index contributed by atoms with van der Waals surface area (Å²) in [6, 6.07) is 6.44. The van der Waals surface area contributed by atoms with Gasteiger partial charge >= 0.3 is 11.9 Å². The van der Waals surface area contributed by atoms with Crippen LogP contribution in [0, 0.1) is 11.8 Å². The Bertz CT molecular complexity index is 884. The van der Waals surface area contributed by atoms with Crippen LogP contribution in [-0.4, -0.2) is 49.8 Å². The quantitative estimate of drug-likeness (QED) is 0.576. The highest BCUT2D eigenvalue weighted by Gasteiger charge is 2.38. The Kier molecular flexibility index (Phi) is 9.57. The third-order valence-electron chi connectivity index (χ3n) is 4.57. The first-order valence-corrected chi connectivity index (χ1v) is 11.3. The van der Waals surface area contributed by atoms with Crippen LogP contribution in [0.4, 0.5) is 0 Å². The Morgan fingerprint density at radius 2 is 1.67 bits per heavy atom. The molecular weight excluding hydrogens is 473 g/mol. The van der Waals surface area contributed by atoms with Gasteiger partial charge in [-0.3, -0.25) is 9.59 Å². The topological polar surface area (TPSA) is 102 Å². The molecule has 0 spiro atoms. The van der Waals surface area contributed by atoms with Crippen molar-refractivity contribution in [3.8, 4) is 0 Å². The molecule has 1 saturated carbocycles. The van der Waals surface area contributed by atoms with Gasteiger partial charge in [0.2, 0.25) is 0 Å². The Labute approximate surface area is 191 Å². The van der Waals surface area contributed by atoms with Crippen LogP contribution in [0.1, 0.15) is 32.2 Å². The number of hydrogen-bond acceptors (Lipinski definition) is 7. The van der Waals surface area contributed by atoms with Gasteiger partial charge in [-0.1, -0.05) is 23.2 Å². The highest BCUT2D eigenvalue weighted by molar-refractivity contribution is 7.18. The molecule has 7 nitrogen and oxygen atoms in total. The summed E-state index contributed by atoms with van der Waals surface area (Å²) in [4.78, 5) is 34.6. The van der Waals surface area contributed by atoms with E-state index in [-0.39, 0.29) is 34.7 Å². The van der Waals surface area contributed by atoms with Gasteiger partial charge in [-0.2, -0.15) is 0 Å². The van der Waals surface area contributed by atoms with E-state index in [1.807, 2.05) is 0 Å². The highest BCUT2D eigenvalue weighted by Crippen LogP contribution is 2.33. The molecule has 1 aliphatic rings. The minimum absolute atomic E-state index is 0.0404. The zero-order chi connectivity index (χ0) is 22.3. The summed E-state index contributed by atoms with van der Waals surface area (Å²) in [5.74, 6) is -1.33. The van der Waals surface area contributed by atoms with Gasteiger partial charge in [0.15, 0.2) is 0 Å². The summed E-state index contributed by atoms with van der Waals surface area (Å²) in [6.45, 7) is 0.473. The lowest BCUT2D eigenvalue weighted by Gasteiger charge is -2.18. The van der Waals surface area contributed by atoms with Gasteiger partial charge in [0.25, 0.3) is 5.91 Å². The van der Waals surface area contributed by atoms with Gasteiger partial charge in [-0.05, 0) is 37.1 Å². The Morgan fingerprint density at radius 1 is 1.07 bits per heavy atom. The van der Waals surface area contributed by atoms with Crippen LogP contribution in [0.15, 0.2) is 24.3 Å². The predicted molar refractivity (Wildman–Crippen MR) is 117 cm³/mol. The molecule has 1 aliphatic carbocycles. The second-order valence-electron chi connectivity index (χ2n) is 6.45. The van der Waals surface area contributed by atoms with Crippen molar-refractivity contribution in [3.63, 3.8) is 0 Å². The van der Waals surface area contributed by atoms with E-state index in [4.69, 9.17) is 37.8 Å². The second kappa shape index (κ2) is 11.7. The SMILES string of the molecule is COC(=O)C1CC(CNC(=O)c2ccc(Cl)s2)C(OC)C1.O=C(O)c1ccc(Cl)s1. The molecule has 3 atom stereocenters. The third kappa shape index (κ3) is 6.95. The molecule has 3 unspecified atom stereocenters. The van der Waals surface area contributed by atoms with Crippen LogP contribution in [0.2, 0.25) is 8.67 Å². The van der Waals surface area contributed by atoms with Crippen molar-refractivity contribution in [3.05, 3.63) is 42.7 Å². The van der Waals surface area contributed by atoms with E-state index in [1.165, 1.54) is 24.5 Å². The van der Waals surface area contributed by atoms with Crippen molar-refractivity contribution in [2.24, 2.45) is 11.8 Å². The summed E-state index contributed by atoms with van der Waals surface area (Å²) in [5.41, 5.74) is 0. The van der Waals surface area contributed by atoms with Crippen molar-refractivity contribution in [1.82, 2.24) is 5.32 Å². The number of esters is 1. The van der Waals surface area contributed by atoms with E-state index in [0.29, 0.717) is 32.9 Å². The van der Waals surface area contributed by atoms with Gasteiger partial charge in [-0.15, -0.1) is 22.7 Å². The van der Waals surface area contributed by atoms with Crippen molar-refractivity contribution in [2.75, 3.05) is 20.8 Å². The Balaban J connectivity index is 0.000000297. The van der Waals surface area contributed by atoms with Gasteiger partial charge in [0.05, 0.1) is 32.7 Å². The molecule has 11 heteroatoms. The van der Waals surface area contributed by atoms with Crippen LogP contribution in [-0.2, 0) is 14.3 Å². The monoisotopic (exact) mass is 493 g/mol. The van der Waals surface area contributed by atoms with E-state index in [1.54, 1.807) is 25.3 Å². The number of ether oxygens (including phenoxy) is 2. The third-order valence-corrected chi connectivity index (χ3v) is 7.02. The predicted octanol–water partition coefficient (Wildman–Crippen LogP) is 4.45. The number of halogens is 2. The summed E-state index contributed by atoms with van der Waals surface area (Å²) in [7, 11) is 3.01. The number of nitrogens with one attached hydrogen (secondary N) is 1. The molecule has 2 N–H and O–H groups in total. The zero-order valence-electron chi connectivity index (χ0n) is 16.2. The van der Waals surface area contributed by atoms with Gasteiger partial charge in [-0.25, -0.2) is 4.79 Å². The lowest BCUT2D eigenvalue weighted by atomic mass is 10.0. The number of hydrogen-bond donors (Lipinski definition) is 2. The maximum absolute atomic E-state index is 12.0. The van der Waals surface area contributed by atoms with E-state index in [9.17, 15) is 14.4 Å². The minimum Gasteiger partial charge on any atom is -0.477 e. The summed E-state index contributed by atoms with van der Waals surface area (Å²) < 4.78 is 11.3. The fourth-order valence-corrected chi connectivity index (χ4v) is 4.97. The molecule has 0 saturated heterocycles. The highest BCUT2D eigenvalue weighted by atomic mass is 35.5. The van der Waals surface area contributed by atoms with Crippen molar-refractivity contribution >= 4 is 63.7 Å². The largest absolute Gasteiger partial charge is 0.477 e. The fourth-order valence-electron chi connectivity index (χ4n) is 3.13. The molecule has 0 bridgehead atoms. The minimum atomic E-state index is -0.924. The number of methoxy groups -OCH3 is 2. The number of carbonyl (C=O) groups is 3. The maximum Gasteiger partial charge on any atom is 0.345 e. The van der Waals surface area contributed by atoms with Crippen LogP contribution < -0.4 is 5.32 Å². The van der Waals surface area contributed by atoms with Crippen LogP contribution in [0.5, 0.6) is 0 Å². The first-order chi connectivity index (χ1) is 14.2. The molecule has 0 radical (unpaired) electrons. The van der Waals surface area contributed by atoms with E-state index in [2.05, 4.69) is 5.32 Å². The molecule has 0 aliphatic heterocycles. The van der Waals surface area contributed by atoms with E-state index < -0.39 is 5.97 Å². The number of carbonyl (C=O) groups excluding carboxylic acids is 2. The summed E-state index contributed by atoms with van der Waals surface area (Å²) in [5, 5.41) is 11.2. The van der Waals surface area contributed by atoms with Crippen LogP contribution in [0.25, 0.3) is 0 Å². The molecule has 1 amide bonds. The first-order valence-electron chi connectivity index (χ1n) is 8.87. The number of thiophene rings is 2. The summed E-state index contributed by atoms with van der Waals surface area (Å²) in [6.07, 6.45) is 1.26. The standard InChI is InChI=1S/C14H18ClNO4S.C5H3ClO2S/c1-19-10-6-8(14(18)20-2)5-9(10)7-16-13(17)11-3-4-12(15)21-11;6-4-2-1-3(9-4)5(7)8/h3-4,8-10H,5-7H2,1-2H3,(H,16,17);1-2H,(H,7,8). The Morgan fingerprint density at radius 3 is 2.10 bits per heavy atom. The molecule has 3 rings (SSSR count). The van der Waals surface area contributed by atoms with Crippen molar-refractivity contribution in [1.29, 1.82) is 0 Å². The summed E-state index contributed by atoms with van der Waals surface area (Å²) >= 11 is 13.6. The van der Waals surface area contributed by atoms with Gasteiger partial charge < -0.3 is 19.9 Å². The number of rotatable bonds is 6. The molecule has 0 aromatic carbocycles. The first kappa shape index (κ1) is 24.6. The van der Waals surface area contributed by atoms with Crippen molar-refractivity contribution in [2.45, 2.75) is 18.9 Å². The van der Waals surface area contributed by atoms with Gasteiger partial charge in [0, 0.05) is 19.6 Å². The molecule has 30 heavy (non-hydrogen) atoms. The fraction of sp³-hybridized carbons (Fsp3) is 0.421. The number of carboxylic acids is 1. The number of carboxylic acid groups (broad SMARTS) is 1. The maximum atomic E-state index is 12.0.